The van der Waals surface area contributed by atoms with Gasteiger partial charge in [-0.25, -0.2) is 14.4 Å². The Morgan fingerprint density at radius 3 is 2.88 bits per heavy atom. The Morgan fingerprint density at radius 1 is 1.38 bits per heavy atom. The van der Waals surface area contributed by atoms with Gasteiger partial charge in [0.2, 0.25) is 5.89 Å². The Morgan fingerprint density at radius 2 is 2.17 bits per heavy atom. The van der Waals surface area contributed by atoms with Crippen molar-refractivity contribution in [3.05, 3.63) is 36.0 Å². The van der Waals surface area contributed by atoms with Crippen LogP contribution >= 0.6 is 0 Å². The van der Waals surface area contributed by atoms with E-state index in [0.717, 1.165) is 18.5 Å². The molecule has 0 radical (unpaired) electrons. The molecule has 2 atom stereocenters. The lowest BCUT2D eigenvalue weighted by Crippen LogP contribution is -2.38. The second kappa shape index (κ2) is 7.76. The van der Waals surface area contributed by atoms with Gasteiger partial charge in [0.1, 0.15) is 12.5 Å². The molecule has 0 amide bonds. The van der Waals surface area contributed by atoms with Crippen molar-refractivity contribution in [2.45, 2.75) is 45.1 Å². The number of nitrogens with zero attached hydrogens (tertiary/aromatic N) is 6. The molecule has 7 nitrogen and oxygen atoms in total. The number of halogens is 1. The summed E-state index contributed by atoms with van der Waals surface area (Å²) in [6.07, 6.45) is 5.56. The summed E-state index contributed by atoms with van der Waals surface area (Å²) in [6.45, 7) is 4.45. The number of hydrogen-bond donors (Lipinski definition) is 0. The molecule has 8 heteroatoms. The van der Waals surface area contributed by atoms with Gasteiger partial charge in [-0.15, -0.1) is 0 Å². The van der Waals surface area contributed by atoms with E-state index in [4.69, 9.17) is 4.52 Å². The maximum atomic E-state index is 13.9. The topological polar surface area (TPSA) is 71.2 Å². The van der Waals surface area contributed by atoms with E-state index in [1.165, 1.54) is 6.33 Å². The fraction of sp³-hybridized carbons (Fsp3) is 0.625. The van der Waals surface area contributed by atoms with Crippen LogP contribution in [0.4, 0.5) is 4.39 Å². The Hall–Kier alpha value is -1.93. The maximum Gasteiger partial charge on any atom is 0.226 e. The molecule has 3 rings (SSSR count). The molecule has 0 bridgehead atoms. The monoisotopic (exact) mass is 334 g/mol. The van der Waals surface area contributed by atoms with Crippen LogP contribution in [0.1, 0.15) is 30.6 Å². The van der Waals surface area contributed by atoms with E-state index in [2.05, 4.69) is 29.9 Å². The van der Waals surface area contributed by atoms with E-state index in [1.54, 1.807) is 12.4 Å². The summed E-state index contributed by atoms with van der Waals surface area (Å²) in [4.78, 5) is 16.7. The lowest BCUT2D eigenvalue weighted by atomic mass is 10.2. The van der Waals surface area contributed by atoms with Crippen LogP contribution in [0.15, 0.2) is 23.2 Å². The van der Waals surface area contributed by atoms with Crippen LogP contribution in [-0.2, 0) is 19.5 Å². The van der Waals surface area contributed by atoms with Crippen molar-refractivity contribution in [1.82, 2.24) is 29.9 Å². The lowest BCUT2D eigenvalue weighted by molar-refractivity contribution is 0.177. The van der Waals surface area contributed by atoms with E-state index in [9.17, 15) is 4.39 Å². The molecule has 0 aliphatic carbocycles. The maximum absolute atomic E-state index is 13.9. The van der Waals surface area contributed by atoms with Crippen LogP contribution in [0.5, 0.6) is 0 Å². The van der Waals surface area contributed by atoms with Crippen LogP contribution in [-0.4, -0.2) is 62.3 Å². The van der Waals surface area contributed by atoms with Gasteiger partial charge in [-0.05, 0) is 13.5 Å². The number of rotatable bonds is 7. The van der Waals surface area contributed by atoms with Gasteiger partial charge < -0.3 is 4.52 Å². The van der Waals surface area contributed by atoms with Crippen molar-refractivity contribution in [3.8, 4) is 0 Å². The van der Waals surface area contributed by atoms with Crippen molar-refractivity contribution >= 4 is 0 Å². The summed E-state index contributed by atoms with van der Waals surface area (Å²) in [5.41, 5.74) is 1.00. The Balaban J connectivity index is 1.57. The average molecular weight is 334 g/mol. The van der Waals surface area contributed by atoms with E-state index in [1.807, 2.05) is 14.0 Å². The number of aryl methyl sites for hydroxylation is 1. The van der Waals surface area contributed by atoms with Gasteiger partial charge in [-0.1, -0.05) is 12.1 Å². The molecule has 2 aromatic rings. The zero-order valence-electron chi connectivity index (χ0n) is 14.1. The fourth-order valence-corrected chi connectivity index (χ4v) is 3.12. The zero-order chi connectivity index (χ0) is 16.9. The molecular weight excluding hydrogens is 311 g/mol. The van der Waals surface area contributed by atoms with Crippen molar-refractivity contribution in [2.75, 3.05) is 20.1 Å². The highest BCUT2D eigenvalue weighted by atomic mass is 19.1. The standard InChI is InChI=1S/C16H23FN6O/c1-3-16-20-15(21-24-16)10-22(2)9-14-4-13(17)8-23(14)7-12-5-18-11-19-6-12/h5-6,11,13-14H,3-4,7-10H2,1-2H3/t13-,14-/m0/s1. The molecule has 2 aromatic heterocycles. The summed E-state index contributed by atoms with van der Waals surface area (Å²) in [6, 6.07) is 0.155. The van der Waals surface area contributed by atoms with Gasteiger partial charge in [0, 0.05) is 50.1 Å². The molecule has 0 aromatic carbocycles. The summed E-state index contributed by atoms with van der Waals surface area (Å²) >= 11 is 0. The lowest BCUT2D eigenvalue weighted by Gasteiger charge is -2.27. The number of alkyl halides is 1. The highest BCUT2D eigenvalue weighted by Crippen LogP contribution is 2.23. The van der Waals surface area contributed by atoms with E-state index >= 15 is 0 Å². The van der Waals surface area contributed by atoms with Crippen molar-refractivity contribution < 1.29 is 8.91 Å². The zero-order valence-corrected chi connectivity index (χ0v) is 14.1. The third-order valence-electron chi connectivity index (χ3n) is 4.22. The number of likely N-dealkylation sites (N-methyl/N-ethyl adjacent to an activating group) is 1. The van der Waals surface area contributed by atoms with Gasteiger partial charge in [0.05, 0.1) is 6.54 Å². The minimum Gasteiger partial charge on any atom is -0.339 e. The third kappa shape index (κ3) is 4.33. The van der Waals surface area contributed by atoms with Crippen molar-refractivity contribution in [3.63, 3.8) is 0 Å². The van der Waals surface area contributed by atoms with E-state index in [0.29, 0.717) is 37.8 Å². The van der Waals surface area contributed by atoms with Crippen LogP contribution in [0.25, 0.3) is 0 Å². The Labute approximate surface area is 140 Å². The minimum absolute atomic E-state index is 0.155. The van der Waals surface area contributed by atoms with Crippen LogP contribution in [0, 0.1) is 0 Å². The largest absolute Gasteiger partial charge is 0.339 e. The Bertz CT molecular complexity index is 637. The third-order valence-corrected chi connectivity index (χ3v) is 4.22. The molecule has 0 N–H and O–H groups in total. The van der Waals surface area contributed by atoms with Crippen molar-refractivity contribution in [1.29, 1.82) is 0 Å². The summed E-state index contributed by atoms with van der Waals surface area (Å²) in [5, 5.41) is 3.97. The highest BCUT2D eigenvalue weighted by Gasteiger charge is 2.32. The normalized spacial score (nSPS) is 21.7. The molecule has 1 fully saturated rings. The highest BCUT2D eigenvalue weighted by molar-refractivity contribution is 5.04. The first-order valence-corrected chi connectivity index (χ1v) is 8.26. The van der Waals surface area contributed by atoms with E-state index < -0.39 is 6.17 Å². The van der Waals surface area contributed by atoms with Crippen LogP contribution < -0.4 is 0 Å². The van der Waals surface area contributed by atoms with Gasteiger partial charge >= 0.3 is 0 Å². The molecule has 3 heterocycles. The molecule has 0 unspecified atom stereocenters. The van der Waals surface area contributed by atoms with Crippen LogP contribution in [0.2, 0.25) is 0 Å². The smallest absolute Gasteiger partial charge is 0.226 e. The van der Waals surface area contributed by atoms with Crippen molar-refractivity contribution in [2.24, 2.45) is 0 Å². The van der Waals surface area contributed by atoms with Gasteiger partial charge in [0.25, 0.3) is 0 Å². The minimum atomic E-state index is -0.787. The SMILES string of the molecule is CCc1nc(CN(C)C[C@@H]2C[C@H](F)CN2Cc2cncnc2)no1. The summed E-state index contributed by atoms with van der Waals surface area (Å²) in [5.74, 6) is 1.32. The van der Waals surface area contributed by atoms with Gasteiger partial charge in [0.15, 0.2) is 5.82 Å². The molecule has 130 valence electrons. The number of aromatic nitrogens is 4. The van der Waals surface area contributed by atoms with Crippen LogP contribution in [0.3, 0.4) is 0 Å². The number of likely N-dealkylation sites (tertiary alicyclic amines) is 1. The van der Waals surface area contributed by atoms with Gasteiger partial charge in [-0.2, -0.15) is 4.98 Å². The molecular formula is C16H23FN6O. The first-order chi connectivity index (χ1) is 11.6. The second-order valence-electron chi connectivity index (χ2n) is 6.32. The molecule has 24 heavy (non-hydrogen) atoms. The average Bonchev–Trinajstić information content (AvgIpc) is 3.15. The van der Waals surface area contributed by atoms with Gasteiger partial charge in [-0.3, -0.25) is 9.80 Å². The first-order valence-electron chi connectivity index (χ1n) is 8.26. The molecule has 1 saturated heterocycles. The fourth-order valence-electron chi connectivity index (χ4n) is 3.12. The second-order valence-corrected chi connectivity index (χ2v) is 6.32. The first kappa shape index (κ1) is 16.9. The molecule has 1 aliphatic rings. The summed E-state index contributed by atoms with van der Waals surface area (Å²) in [7, 11) is 2.00. The molecule has 0 saturated carbocycles. The number of hydrogen-bond acceptors (Lipinski definition) is 7. The summed E-state index contributed by atoms with van der Waals surface area (Å²) < 4.78 is 19.1. The molecule has 1 aliphatic heterocycles. The predicted octanol–water partition coefficient (Wildman–Crippen LogP) is 1.47. The quantitative estimate of drug-likeness (QED) is 0.759. The van der Waals surface area contributed by atoms with E-state index in [-0.39, 0.29) is 6.04 Å². The Kier molecular flexibility index (Phi) is 5.47. The predicted molar refractivity (Wildman–Crippen MR) is 85.8 cm³/mol. The molecule has 0 spiro atoms.